The summed E-state index contributed by atoms with van der Waals surface area (Å²) in [4.78, 5) is 26.1. The summed E-state index contributed by atoms with van der Waals surface area (Å²) in [7, 11) is 0. The third-order valence-electron chi connectivity index (χ3n) is 4.31. The highest BCUT2D eigenvalue weighted by molar-refractivity contribution is 14.1. The van der Waals surface area contributed by atoms with Crippen LogP contribution in [-0.4, -0.2) is 34.0 Å². The number of carbonyl (C=O) groups excluding carboxylic acids is 1. The summed E-state index contributed by atoms with van der Waals surface area (Å²) in [6.45, 7) is 0. The van der Waals surface area contributed by atoms with E-state index >= 15 is 0 Å². The number of rotatable bonds is 2. The second-order valence-corrected chi connectivity index (χ2v) is 8.93. The average Bonchev–Trinajstić information content (AvgIpc) is 2.99. The van der Waals surface area contributed by atoms with Crippen molar-refractivity contribution in [1.29, 1.82) is 0 Å². The first-order chi connectivity index (χ1) is 9.90. The second-order valence-electron chi connectivity index (χ2n) is 5.44. The van der Waals surface area contributed by atoms with Gasteiger partial charge in [-0.15, -0.1) is 0 Å². The van der Waals surface area contributed by atoms with E-state index in [1.165, 1.54) is 0 Å². The Balaban J connectivity index is 1.95. The van der Waals surface area contributed by atoms with Crippen LogP contribution in [0.15, 0.2) is 12.1 Å². The minimum Gasteiger partial charge on any atom is -0.481 e. The zero-order valence-corrected chi connectivity index (χ0v) is 17.3. The number of hydrogen-bond acceptors (Lipinski definition) is 2. The molecule has 112 valence electrons. The molecule has 1 aromatic rings. The number of carbonyl (C=O) groups is 2. The number of nitrogens with zero attached hydrogens (tertiary/aromatic N) is 1. The number of halogens is 3. The summed E-state index contributed by atoms with van der Waals surface area (Å²) in [5.41, 5.74) is 0.704. The molecule has 2 heterocycles. The molecule has 7 heteroatoms. The summed E-state index contributed by atoms with van der Waals surface area (Å²) in [6.07, 6.45) is 2.34. The van der Waals surface area contributed by atoms with Crippen LogP contribution >= 0.6 is 67.8 Å². The van der Waals surface area contributed by atoms with Crippen molar-refractivity contribution < 1.29 is 14.7 Å². The van der Waals surface area contributed by atoms with Crippen LogP contribution in [0.2, 0.25) is 0 Å². The Morgan fingerprint density at radius 1 is 1.19 bits per heavy atom. The van der Waals surface area contributed by atoms with Gasteiger partial charge in [-0.05, 0) is 99.2 Å². The maximum Gasteiger partial charge on any atom is 0.308 e. The smallest absolute Gasteiger partial charge is 0.308 e. The molecule has 0 spiro atoms. The lowest BCUT2D eigenvalue weighted by Gasteiger charge is -2.24. The van der Waals surface area contributed by atoms with Crippen LogP contribution in [0.4, 0.5) is 0 Å². The van der Waals surface area contributed by atoms with E-state index in [0.717, 1.165) is 23.6 Å². The minimum absolute atomic E-state index is 0.00733. The normalized spacial score (nSPS) is 27.2. The highest BCUT2D eigenvalue weighted by Gasteiger charge is 2.51. The molecule has 2 aliphatic heterocycles. The molecule has 1 aromatic carbocycles. The standard InChI is InChI=1S/C14H12I3NO3/c15-6-3-9(12(17)10(16)4-6)13(19)18-7-1-2-11(18)8(5-7)14(20)21/h3-4,7-8,11H,1-2,5H2,(H,20,21). The molecule has 2 bridgehead atoms. The van der Waals surface area contributed by atoms with Crippen molar-refractivity contribution in [1.82, 2.24) is 4.90 Å². The predicted octanol–water partition coefficient (Wildman–Crippen LogP) is 3.58. The molecular weight excluding hydrogens is 611 g/mol. The van der Waals surface area contributed by atoms with E-state index in [1.807, 2.05) is 17.0 Å². The first-order valence-electron chi connectivity index (χ1n) is 6.60. The van der Waals surface area contributed by atoms with E-state index in [-0.39, 0.29) is 18.0 Å². The predicted molar refractivity (Wildman–Crippen MR) is 103 cm³/mol. The van der Waals surface area contributed by atoms with Gasteiger partial charge in [0.2, 0.25) is 0 Å². The minimum atomic E-state index is -0.771. The van der Waals surface area contributed by atoms with Gasteiger partial charge in [-0.1, -0.05) is 0 Å². The summed E-state index contributed by atoms with van der Waals surface area (Å²) in [6, 6.07) is 3.90. The van der Waals surface area contributed by atoms with Gasteiger partial charge in [0.15, 0.2) is 0 Å². The fourth-order valence-electron chi connectivity index (χ4n) is 3.42. The topological polar surface area (TPSA) is 57.6 Å². The van der Waals surface area contributed by atoms with E-state index < -0.39 is 11.9 Å². The Hall–Kier alpha value is 0.350. The number of hydrogen-bond donors (Lipinski definition) is 1. The van der Waals surface area contributed by atoms with Crippen LogP contribution in [0.3, 0.4) is 0 Å². The fourth-order valence-corrected chi connectivity index (χ4v) is 5.81. The number of amides is 1. The molecule has 3 rings (SSSR count). The number of carboxylic acid groups (broad SMARTS) is 1. The fraction of sp³-hybridized carbons (Fsp3) is 0.429. The monoisotopic (exact) mass is 623 g/mol. The van der Waals surface area contributed by atoms with Crippen LogP contribution in [0, 0.1) is 16.6 Å². The molecule has 2 fully saturated rings. The van der Waals surface area contributed by atoms with E-state index in [0.29, 0.717) is 12.0 Å². The molecule has 3 unspecified atom stereocenters. The molecule has 4 nitrogen and oxygen atoms in total. The van der Waals surface area contributed by atoms with E-state index in [2.05, 4.69) is 67.8 Å². The maximum atomic E-state index is 12.9. The highest BCUT2D eigenvalue weighted by atomic mass is 127. The zero-order chi connectivity index (χ0) is 15.3. The van der Waals surface area contributed by atoms with Crippen molar-refractivity contribution in [3.63, 3.8) is 0 Å². The van der Waals surface area contributed by atoms with E-state index in [1.54, 1.807) is 0 Å². The number of fused-ring (bicyclic) bond motifs is 2. The SMILES string of the molecule is O=C(O)C1CC2CCC1N2C(=O)c1cc(I)cc(I)c1I. The van der Waals surface area contributed by atoms with Gasteiger partial charge in [0.25, 0.3) is 5.91 Å². The third kappa shape index (κ3) is 2.81. The maximum absolute atomic E-state index is 12.9. The lowest BCUT2D eigenvalue weighted by molar-refractivity contribution is -0.142. The summed E-state index contributed by atoms with van der Waals surface area (Å²) in [5.74, 6) is -1.17. The highest BCUT2D eigenvalue weighted by Crippen LogP contribution is 2.43. The first kappa shape index (κ1) is 16.2. The zero-order valence-electron chi connectivity index (χ0n) is 10.9. The molecule has 2 aliphatic rings. The molecule has 3 atom stereocenters. The largest absolute Gasteiger partial charge is 0.481 e. The summed E-state index contributed by atoms with van der Waals surface area (Å²) >= 11 is 6.65. The Labute approximate surface area is 163 Å². The van der Waals surface area contributed by atoms with Crippen LogP contribution < -0.4 is 0 Å². The molecule has 1 amide bonds. The Morgan fingerprint density at radius 2 is 1.90 bits per heavy atom. The summed E-state index contributed by atoms with van der Waals surface area (Å²) < 4.78 is 3.05. The van der Waals surface area contributed by atoms with Crippen LogP contribution in [0.25, 0.3) is 0 Å². The van der Waals surface area contributed by atoms with Crippen LogP contribution in [0.1, 0.15) is 29.6 Å². The van der Waals surface area contributed by atoms with Gasteiger partial charge < -0.3 is 10.0 Å². The van der Waals surface area contributed by atoms with Crippen molar-refractivity contribution in [2.24, 2.45) is 5.92 Å². The number of benzene rings is 1. The lowest BCUT2D eigenvalue weighted by Crippen LogP contribution is -2.38. The van der Waals surface area contributed by atoms with E-state index in [4.69, 9.17) is 0 Å². The number of carboxylic acids is 1. The quantitative estimate of drug-likeness (QED) is 0.406. The van der Waals surface area contributed by atoms with Gasteiger partial charge >= 0.3 is 5.97 Å². The first-order valence-corrected chi connectivity index (χ1v) is 9.83. The third-order valence-corrected chi connectivity index (χ3v) is 7.98. The average molecular weight is 623 g/mol. The molecule has 1 N–H and O–H groups in total. The number of aliphatic carboxylic acids is 1. The van der Waals surface area contributed by atoms with Gasteiger partial charge in [-0.2, -0.15) is 0 Å². The van der Waals surface area contributed by atoms with Gasteiger partial charge in [-0.3, -0.25) is 9.59 Å². The Morgan fingerprint density at radius 3 is 2.52 bits per heavy atom. The second kappa shape index (κ2) is 6.10. The molecule has 0 aliphatic carbocycles. The van der Waals surface area contributed by atoms with Crippen molar-refractivity contribution in [3.05, 3.63) is 28.4 Å². The van der Waals surface area contributed by atoms with Crippen molar-refractivity contribution >= 4 is 79.6 Å². The Bertz CT molecular complexity index is 634. The Kier molecular flexibility index (Phi) is 4.71. The van der Waals surface area contributed by atoms with Gasteiger partial charge in [0.05, 0.1) is 11.5 Å². The van der Waals surface area contributed by atoms with Crippen molar-refractivity contribution in [2.45, 2.75) is 31.3 Å². The molecule has 0 radical (unpaired) electrons. The van der Waals surface area contributed by atoms with Crippen LogP contribution in [0.5, 0.6) is 0 Å². The molecule has 0 saturated carbocycles. The lowest BCUT2D eigenvalue weighted by atomic mass is 9.89. The molecular formula is C14H12I3NO3. The van der Waals surface area contributed by atoms with Gasteiger partial charge in [-0.25, -0.2) is 0 Å². The molecule has 2 saturated heterocycles. The molecule has 0 aromatic heterocycles. The van der Waals surface area contributed by atoms with Gasteiger partial charge in [0.1, 0.15) is 0 Å². The van der Waals surface area contributed by atoms with Crippen molar-refractivity contribution in [3.8, 4) is 0 Å². The summed E-state index contributed by atoms with van der Waals surface area (Å²) in [5, 5.41) is 9.31. The molecule has 21 heavy (non-hydrogen) atoms. The van der Waals surface area contributed by atoms with Crippen molar-refractivity contribution in [2.75, 3.05) is 0 Å². The van der Waals surface area contributed by atoms with Gasteiger partial charge in [0, 0.05) is 22.8 Å². The van der Waals surface area contributed by atoms with Crippen LogP contribution in [-0.2, 0) is 4.79 Å². The van der Waals surface area contributed by atoms with E-state index in [9.17, 15) is 14.7 Å².